The van der Waals surface area contributed by atoms with E-state index in [2.05, 4.69) is 50.4 Å². The average Bonchev–Trinajstić information content (AvgIpc) is 2.47. The minimum atomic E-state index is 0.899. The molecule has 2 nitrogen and oxygen atoms in total. The molecule has 0 atom stereocenters. The molecule has 0 aromatic heterocycles. The molecule has 0 aliphatic rings. The molecule has 0 fully saturated rings. The second-order valence-electron chi connectivity index (χ2n) is 4.97. The summed E-state index contributed by atoms with van der Waals surface area (Å²) < 4.78 is 5.94. The van der Waals surface area contributed by atoms with Crippen LogP contribution in [0.3, 0.4) is 0 Å². The molecule has 2 aromatic carbocycles. The lowest BCUT2D eigenvalue weighted by atomic mass is 10.1. The molecule has 0 aliphatic heterocycles. The monoisotopic (exact) mass is 269 g/mol. The first-order chi connectivity index (χ1) is 9.72. The molecule has 0 bridgehead atoms. The maximum atomic E-state index is 5.94. The number of benzene rings is 2. The van der Waals surface area contributed by atoms with E-state index >= 15 is 0 Å². The first-order valence-electron chi connectivity index (χ1n) is 7.30. The number of aryl methyl sites for hydroxylation is 2. The summed E-state index contributed by atoms with van der Waals surface area (Å²) in [4.78, 5) is 0. The van der Waals surface area contributed by atoms with Crippen molar-refractivity contribution in [1.29, 1.82) is 0 Å². The van der Waals surface area contributed by atoms with Crippen LogP contribution in [0.5, 0.6) is 11.5 Å². The van der Waals surface area contributed by atoms with Gasteiger partial charge in [-0.1, -0.05) is 32.0 Å². The summed E-state index contributed by atoms with van der Waals surface area (Å²) in [6, 6.07) is 14.5. The summed E-state index contributed by atoms with van der Waals surface area (Å²) >= 11 is 0. The van der Waals surface area contributed by atoms with Crippen LogP contribution in [0, 0.1) is 6.92 Å². The largest absolute Gasteiger partial charge is 0.457 e. The van der Waals surface area contributed by atoms with Gasteiger partial charge in [-0.15, -0.1) is 0 Å². The van der Waals surface area contributed by atoms with Crippen LogP contribution < -0.4 is 10.1 Å². The zero-order chi connectivity index (χ0) is 14.4. The van der Waals surface area contributed by atoms with Crippen molar-refractivity contribution in [3.05, 3.63) is 59.2 Å². The molecule has 0 saturated carbocycles. The molecule has 2 aromatic rings. The Morgan fingerprint density at radius 3 is 2.50 bits per heavy atom. The van der Waals surface area contributed by atoms with Crippen LogP contribution >= 0.6 is 0 Å². The third-order valence-electron chi connectivity index (χ3n) is 3.42. The van der Waals surface area contributed by atoms with E-state index in [1.54, 1.807) is 0 Å². The van der Waals surface area contributed by atoms with Crippen LogP contribution in [0.2, 0.25) is 0 Å². The standard InChI is InChI=1S/C18H23NO/c1-4-15-7-6-8-17(12-15)20-18-10-9-16(13-19-5-2)14(3)11-18/h6-12,19H,4-5,13H2,1-3H3. The van der Waals surface area contributed by atoms with Gasteiger partial charge >= 0.3 is 0 Å². The lowest BCUT2D eigenvalue weighted by Gasteiger charge is -2.11. The van der Waals surface area contributed by atoms with E-state index < -0.39 is 0 Å². The van der Waals surface area contributed by atoms with Crippen molar-refractivity contribution in [2.45, 2.75) is 33.7 Å². The van der Waals surface area contributed by atoms with Crippen molar-refractivity contribution in [3.8, 4) is 11.5 Å². The van der Waals surface area contributed by atoms with Crippen molar-refractivity contribution >= 4 is 0 Å². The van der Waals surface area contributed by atoms with Gasteiger partial charge in [-0.05, 0) is 60.8 Å². The second kappa shape index (κ2) is 7.11. The van der Waals surface area contributed by atoms with Crippen LogP contribution in [-0.4, -0.2) is 6.54 Å². The molecule has 0 heterocycles. The number of hydrogen-bond acceptors (Lipinski definition) is 2. The molecule has 2 rings (SSSR count). The molecule has 0 radical (unpaired) electrons. The molecular formula is C18H23NO. The van der Waals surface area contributed by atoms with E-state index in [0.29, 0.717) is 0 Å². The third-order valence-corrected chi connectivity index (χ3v) is 3.42. The highest BCUT2D eigenvalue weighted by Crippen LogP contribution is 2.24. The first kappa shape index (κ1) is 14.6. The fourth-order valence-electron chi connectivity index (χ4n) is 2.15. The SMILES string of the molecule is CCNCc1ccc(Oc2cccc(CC)c2)cc1C. The zero-order valence-corrected chi connectivity index (χ0v) is 12.6. The highest BCUT2D eigenvalue weighted by Gasteiger charge is 2.02. The fraction of sp³-hybridized carbons (Fsp3) is 0.333. The fourth-order valence-corrected chi connectivity index (χ4v) is 2.15. The van der Waals surface area contributed by atoms with Crippen molar-refractivity contribution < 1.29 is 4.74 Å². The van der Waals surface area contributed by atoms with E-state index in [1.165, 1.54) is 16.7 Å². The molecule has 2 heteroatoms. The lowest BCUT2D eigenvalue weighted by Crippen LogP contribution is -2.12. The molecule has 0 unspecified atom stereocenters. The average molecular weight is 269 g/mol. The van der Waals surface area contributed by atoms with Crippen molar-refractivity contribution in [1.82, 2.24) is 5.32 Å². The van der Waals surface area contributed by atoms with Gasteiger partial charge < -0.3 is 10.1 Å². The smallest absolute Gasteiger partial charge is 0.127 e. The number of ether oxygens (including phenoxy) is 1. The first-order valence-corrected chi connectivity index (χ1v) is 7.30. The third kappa shape index (κ3) is 3.84. The summed E-state index contributed by atoms with van der Waals surface area (Å²) in [6.45, 7) is 8.30. The maximum absolute atomic E-state index is 5.94. The van der Waals surface area contributed by atoms with Gasteiger partial charge in [0.05, 0.1) is 0 Å². The summed E-state index contributed by atoms with van der Waals surface area (Å²) in [5.74, 6) is 1.80. The summed E-state index contributed by atoms with van der Waals surface area (Å²) in [6.07, 6.45) is 1.03. The Hall–Kier alpha value is -1.80. The predicted molar refractivity (Wildman–Crippen MR) is 84.5 cm³/mol. The Balaban J connectivity index is 2.11. The highest BCUT2D eigenvalue weighted by atomic mass is 16.5. The number of nitrogens with one attached hydrogen (secondary N) is 1. The van der Waals surface area contributed by atoms with Crippen LogP contribution in [-0.2, 0) is 13.0 Å². The molecule has 106 valence electrons. The van der Waals surface area contributed by atoms with Crippen LogP contribution in [0.25, 0.3) is 0 Å². The molecule has 20 heavy (non-hydrogen) atoms. The van der Waals surface area contributed by atoms with Gasteiger partial charge in [0.2, 0.25) is 0 Å². The van der Waals surface area contributed by atoms with Crippen molar-refractivity contribution in [2.75, 3.05) is 6.54 Å². The Bertz CT molecular complexity index is 563. The van der Waals surface area contributed by atoms with Gasteiger partial charge in [0.25, 0.3) is 0 Å². The minimum absolute atomic E-state index is 0.899. The maximum Gasteiger partial charge on any atom is 0.127 e. The quantitative estimate of drug-likeness (QED) is 0.836. The predicted octanol–water partition coefficient (Wildman–Crippen LogP) is 4.46. The van der Waals surface area contributed by atoms with Crippen LogP contribution in [0.4, 0.5) is 0 Å². The van der Waals surface area contributed by atoms with Gasteiger partial charge in [0.15, 0.2) is 0 Å². The van der Waals surface area contributed by atoms with Crippen LogP contribution in [0.15, 0.2) is 42.5 Å². The van der Waals surface area contributed by atoms with E-state index in [0.717, 1.165) is 31.0 Å². The Morgan fingerprint density at radius 1 is 1.00 bits per heavy atom. The second-order valence-corrected chi connectivity index (χ2v) is 4.97. The zero-order valence-electron chi connectivity index (χ0n) is 12.6. The van der Waals surface area contributed by atoms with E-state index in [9.17, 15) is 0 Å². The Morgan fingerprint density at radius 2 is 1.80 bits per heavy atom. The Kier molecular flexibility index (Phi) is 5.19. The van der Waals surface area contributed by atoms with Crippen LogP contribution in [0.1, 0.15) is 30.5 Å². The summed E-state index contributed by atoms with van der Waals surface area (Å²) in [7, 11) is 0. The van der Waals surface area contributed by atoms with E-state index in [1.807, 2.05) is 18.2 Å². The molecule has 0 spiro atoms. The minimum Gasteiger partial charge on any atom is -0.457 e. The molecule has 0 aliphatic carbocycles. The summed E-state index contributed by atoms with van der Waals surface area (Å²) in [5.41, 5.74) is 3.87. The van der Waals surface area contributed by atoms with E-state index in [4.69, 9.17) is 4.74 Å². The number of hydrogen-bond donors (Lipinski definition) is 1. The lowest BCUT2D eigenvalue weighted by molar-refractivity contribution is 0.481. The van der Waals surface area contributed by atoms with E-state index in [-0.39, 0.29) is 0 Å². The summed E-state index contributed by atoms with van der Waals surface area (Å²) in [5, 5.41) is 3.35. The van der Waals surface area contributed by atoms with Gasteiger partial charge in [-0.2, -0.15) is 0 Å². The Labute approximate surface area is 121 Å². The highest BCUT2D eigenvalue weighted by molar-refractivity contribution is 5.38. The van der Waals surface area contributed by atoms with Gasteiger partial charge in [-0.3, -0.25) is 0 Å². The van der Waals surface area contributed by atoms with Gasteiger partial charge in [0, 0.05) is 6.54 Å². The molecule has 1 N–H and O–H groups in total. The van der Waals surface area contributed by atoms with Crippen molar-refractivity contribution in [2.24, 2.45) is 0 Å². The topological polar surface area (TPSA) is 21.3 Å². The van der Waals surface area contributed by atoms with Gasteiger partial charge in [0.1, 0.15) is 11.5 Å². The molecule has 0 amide bonds. The van der Waals surface area contributed by atoms with Gasteiger partial charge in [-0.25, -0.2) is 0 Å². The molecule has 0 saturated heterocycles. The van der Waals surface area contributed by atoms with Crippen molar-refractivity contribution in [3.63, 3.8) is 0 Å². The normalized spacial score (nSPS) is 10.6. The molecular weight excluding hydrogens is 246 g/mol. The number of rotatable bonds is 6.